The van der Waals surface area contributed by atoms with Gasteiger partial charge in [0.1, 0.15) is 5.75 Å². The number of nitrogens with zero attached hydrogens (tertiary/aromatic N) is 2. The lowest BCUT2D eigenvalue weighted by Crippen LogP contribution is -2.03. The minimum Gasteiger partial charge on any atom is -0.496 e. The van der Waals surface area contributed by atoms with Crippen LogP contribution in [-0.4, -0.2) is 22.7 Å². The fourth-order valence-corrected chi connectivity index (χ4v) is 1.81. The molecule has 1 heterocycles. The van der Waals surface area contributed by atoms with Crippen molar-refractivity contribution in [3.63, 3.8) is 0 Å². The van der Waals surface area contributed by atoms with E-state index in [2.05, 4.69) is 5.10 Å². The van der Waals surface area contributed by atoms with Gasteiger partial charge in [-0.1, -0.05) is 11.6 Å². The van der Waals surface area contributed by atoms with E-state index in [0.717, 1.165) is 12.1 Å². The Bertz CT molecular complexity index is 573. The molecule has 0 aliphatic carbocycles. The van der Waals surface area contributed by atoms with Gasteiger partial charge in [-0.05, 0) is 26.0 Å². The molecule has 0 aliphatic rings. The van der Waals surface area contributed by atoms with E-state index in [1.165, 1.54) is 0 Å². The van der Waals surface area contributed by atoms with Crippen molar-refractivity contribution in [2.24, 2.45) is 0 Å². The number of aromatic nitrogens is 2. The van der Waals surface area contributed by atoms with E-state index >= 15 is 0 Å². The topological polar surface area (TPSA) is 44.1 Å². The fraction of sp³-hybridized carbons (Fsp3) is 0.286. The maximum atomic E-state index is 12.4. The standard InChI is InChI=1S/C14H16N2O2/c1-4-16-9-11(8-15-16)14(17)12-7-10(2)5-6-13(12)18-3/h5-9H,4H2,1-3H3. The highest BCUT2D eigenvalue weighted by Gasteiger charge is 2.16. The predicted octanol–water partition coefficient (Wildman–Crippen LogP) is 2.45. The molecule has 1 aromatic heterocycles. The highest BCUT2D eigenvalue weighted by atomic mass is 16.5. The van der Waals surface area contributed by atoms with Crippen molar-refractivity contribution in [2.75, 3.05) is 7.11 Å². The molecule has 2 aromatic rings. The number of methoxy groups -OCH3 is 1. The van der Waals surface area contributed by atoms with Crippen LogP contribution in [-0.2, 0) is 6.54 Å². The number of ketones is 1. The quantitative estimate of drug-likeness (QED) is 0.776. The van der Waals surface area contributed by atoms with Crippen LogP contribution in [0, 0.1) is 6.92 Å². The summed E-state index contributed by atoms with van der Waals surface area (Å²) in [6.07, 6.45) is 3.34. The molecule has 18 heavy (non-hydrogen) atoms. The zero-order valence-corrected chi connectivity index (χ0v) is 10.8. The maximum absolute atomic E-state index is 12.4. The molecule has 0 saturated carbocycles. The van der Waals surface area contributed by atoms with Crippen molar-refractivity contribution in [1.82, 2.24) is 9.78 Å². The Labute approximate surface area is 106 Å². The van der Waals surface area contributed by atoms with Crippen LogP contribution in [0.15, 0.2) is 30.6 Å². The first-order valence-electron chi connectivity index (χ1n) is 5.87. The van der Waals surface area contributed by atoms with E-state index in [4.69, 9.17) is 4.74 Å². The number of benzene rings is 1. The van der Waals surface area contributed by atoms with Gasteiger partial charge in [0, 0.05) is 12.7 Å². The molecule has 1 aromatic carbocycles. The highest BCUT2D eigenvalue weighted by Crippen LogP contribution is 2.22. The van der Waals surface area contributed by atoms with E-state index < -0.39 is 0 Å². The van der Waals surface area contributed by atoms with Gasteiger partial charge in [-0.2, -0.15) is 5.10 Å². The lowest BCUT2D eigenvalue weighted by molar-refractivity contribution is 0.103. The molecule has 0 radical (unpaired) electrons. The Hall–Kier alpha value is -2.10. The number of carbonyl (C=O) groups excluding carboxylic acids is 1. The van der Waals surface area contributed by atoms with Crippen molar-refractivity contribution in [2.45, 2.75) is 20.4 Å². The SMILES string of the molecule is CCn1cc(C(=O)c2cc(C)ccc2OC)cn1. The molecule has 0 amide bonds. The average Bonchev–Trinajstić information content (AvgIpc) is 2.86. The Morgan fingerprint density at radius 2 is 2.22 bits per heavy atom. The Morgan fingerprint density at radius 1 is 1.44 bits per heavy atom. The second kappa shape index (κ2) is 5.04. The first kappa shape index (κ1) is 12.4. The molecule has 94 valence electrons. The summed E-state index contributed by atoms with van der Waals surface area (Å²) in [6.45, 7) is 4.68. The summed E-state index contributed by atoms with van der Waals surface area (Å²) in [5.41, 5.74) is 2.19. The van der Waals surface area contributed by atoms with E-state index in [9.17, 15) is 4.79 Å². The van der Waals surface area contributed by atoms with E-state index in [1.54, 1.807) is 24.2 Å². The van der Waals surface area contributed by atoms with E-state index in [1.807, 2.05) is 32.0 Å². The van der Waals surface area contributed by atoms with Crippen molar-refractivity contribution < 1.29 is 9.53 Å². The van der Waals surface area contributed by atoms with Crippen LogP contribution in [0.2, 0.25) is 0 Å². The molecule has 0 bridgehead atoms. The lowest BCUT2D eigenvalue weighted by atomic mass is 10.0. The van der Waals surface area contributed by atoms with Gasteiger partial charge in [-0.25, -0.2) is 0 Å². The van der Waals surface area contributed by atoms with Crippen LogP contribution in [0.4, 0.5) is 0 Å². The number of ether oxygens (including phenoxy) is 1. The Morgan fingerprint density at radius 3 is 2.83 bits per heavy atom. The molecule has 0 unspecified atom stereocenters. The molecule has 0 fully saturated rings. The van der Waals surface area contributed by atoms with Crippen LogP contribution in [0.1, 0.15) is 28.4 Å². The van der Waals surface area contributed by atoms with Crippen molar-refractivity contribution >= 4 is 5.78 Å². The minimum atomic E-state index is -0.0600. The lowest BCUT2D eigenvalue weighted by Gasteiger charge is -2.07. The summed E-state index contributed by atoms with van der Waals surface area (Å²) in [6, 6.07) is 5.57. The van der Waals surface area contributed by atoms with Crippen molar-refractivity contribution in [3.8, 4) is 5.75 Å². The molecule has 0 saturated heterocycles. The number of rotatable bonds is 4. The summed E-state index contributed by atoms with van der Waals surface area (Å²) in [7, 11) is 1.57. The van der Waals surface area contributed by atoms with Crippen LogP contribution < -0.4 is 4.74 Å². The average molecular weight is 244 g/mol. The maximum Gasteiger partial charge on any atom is 0.199 e. The predicted molar refractivity (Wildman–Crippen MR) is 69.1 cm³/mol. The molecule has 0 spiro atoms. The molecule has 0 N–H and O–H groups in total. The monoisotopic (exact) mass is 244 g/mol. The largest absolute Gasteiger partial charge is 0.496 e. The van der Waals surface area contributed by atoms with Crippen LogP contribution in [0.5, 0.6) is 5.75 Å². The smallest absolute Gasteiger partial charge is 0.199 e. The first-order chi connectivity index (χ1) is 8.65. The molecule has 4 heteroatoms. The van der Waals surface area contributed by atoms with Crippen LogP contribution >= 0.6 is 0 Å². The summed E-state index contributed by atoms with van der Waals surface area (Å²) in [5, 5.41) is 4.11. The Balaban J connectivity index is 2.41. The van der Waals surface area contributed by atoms with Gasteiger partial charge in [0.05, 0.1) is 24.4 Å². The van der Waals surface area contributed by atoms with Gasteiger partial charge < -0.3 is 4.74 Å². The zero-order chi connectivity index (χ0) is 13.1. The number of aryl methyl sites for hydroxylation is 2. The second-order valence-corrected chi connectivity index (χ2v) is 4.12. The molecule has 2 rings (SSSR count). The summed E-state index contributed by atoms with van der Waals surface area (Å²) in [5.74, 6) is 0.532. The van der Waals surface area contributed by atoms with Gasteiger partial charge in [-0.15, -0.1) is 0 Å². The Kier molecular flexibility index (Phi) is 3.46. The first-order valence-corrected chi connectivity index (χ1v) is 5.87. The fourth-order valence-electron chi connectivity index (χ4n) is 1.81. The minimum absolute atomic E-state index is 0.0600. The van der Waals surface area contributed by atoms with Crippen LogP contribution in [0.3, 0.4) is 0 Å². The van der Waals surface area contributed by atoms with Gasteiger partial charge in [0.15, 0.2) is 5.78 Å². The van der Waals surface area contributed by atoms with Crippen molar-refractivity contribution in [3.05, 3.63) is 47.3 Å². The van der Waals surface area contributed by atoms with Gasteiger partial charge >= 0.3 is 0 Å². The summed E-state index contributed by atoms with van der Waals surface area (Å²) < 4.78 is 6.96. The molecule has 4 nitrogen and oxygen atoms in total. The van der Waals surface area contributed by atoms with Gasteiger partial charge in [0.2, 0.25) is 0 Å². The van der Waals surface area contributed by atoms with E-state index in [-0.39, 0.29) is 5.78 Å². The third kappa shape index (κ3) is 2.27. The third-order valence-corrected chi connectivity index (χ3v) is 2.82. The molecular formula is C14H16N2O2. The zero-order valence-electron chi connectivity index (χ0n) is 10.8. The van der Waals surface area contributed by atoms with Gasteiger partial charge in [-0.3, -0.25) is 9.48 Å². The summed E-state index contributed by atoms with van der Waals surface area (Å²) in [4.78, 5) is 12.4. The van der Waals surface area contributed by atoms with E-state index in [0.29, 0.717) is 16.9 Å². The second-order valence-electron chi connectivity index (χ2n) is 4.12. The molecule has 0 aliphatic heterocycles. The molecule has 0 atom stereocenters. The van der Waals surface area contributed by atoms with Crippen LogP contribution in [0.25, 0.3) is 0 Å². The highest BCUT2D eigenvalue weighted by molar-refractivity contribution is 6.10. The number of hydrogen-bond donors (Lipinski definition) is 0. The number of hydrogen-bond acceptors (Lipinski definition) is 3. The summed E-state index contributed by atoms with van der Waals surface area (Å²) >= 11 is 0. The molecular weight excluding hydrogens is 228 g/mol. The van der Waals surface area contributed by atoms with Gasteiger partial charge in [0.25, 0.3) is 0 Å². The number of carbonyl (C=O) groups is 1. The van der Waals surface area contributed by atoms with Crippen molar-refractivity contribution in [1.29, 1.82) is 0 Å². The third-order valence-electron chi connectivity index (χ3n) is 2.82. The normalized spacial score (nSPS) is 10.4.